The maximum atomic E-state index is 12.2. The molecule has 0 aliphatic carbocycles. The first-order valence-corrected chi connectivity index (χ1v) is 7.87. The molecule has 0 spiro atoms. The number of nitrogens with zero attached hydrogens (tertiary/aromatic N) is 1. The molecule has 4 nitrogen and oxygen atoms in total. The van der Waals surface area contributed by atoms with Crippen molar-refractivity contribution in [3.63, 3.8) is 0 Å². The predicted molar refractivity (Wildman–Crippen MR) is 95.1 cm³/mol. The second-order valence-corrected chi connectivity index (χ2v) is 6.10. The minimum Gasteiger partial charge on any atom is -0.354 e. The van der Waals surface area contributed by atoms with Crippen molar-refractivity contribution in [2.24, 2.45) is 0 Å². The summed E-state index contributed by atoms with van der Waals surface area (Å²) in [6.45, 7) is 5.86. The van der Waals surface area contributed by atoms with Crippen LogP contribution in [0.25, 0.3) is 10.8 Å². The zero-order chi connectivity index (χ0) is 16.4. The maximum absolute atomic E-state index is 12.2. The topological polar surface area (TPSA) is 57.8 Å². The highest BCUT2D eigenvalue weighted by molar-refractivity contribution is 5.85. The fourth-order valence-electron chi connectivity index (χ4n) is 2.72. The van der Waals surface area contributed by atoms with Gasteiger partial charge in [-0.25, -0.2) is 4.98 Å². The lowest BCUT2D eigenvalue weighted by atomic mass is 9.99. The molecule has 2 N–H and O–H groups in total. The second-order valence-electron chi connectivity index (χ2n) is 6.10. The summed E-state index contributed by atoms with van der Waals surface area (Å²) in [5.41, 5.74) is 2.58. The molecular formula is C19H21N3O. The lowest BCUT2D eigenvalue weighted by Gasteiger charge is -2.12. The first-order valence-electron chi connectivity index (χ1n) is 7.87. The normalized spacial score (nSPS) is 11.1. The molecule has 0 saturated heterocycles. The van der Waals surface area contributed by atoms with Crippen molar-refractivity contribution in [3.8, 4) is 0 Å². The number of anilines is 1. The first kappa shape index (κ1) is 15.3. The monoisotopic (exact) mass is 307 g/mol. The zero-order valence-electron chi connectivity index (χ0n) is 13.7. The van der Waals surface area contributed by atoms with Gasteiger partial charge in [0.1, 0.15) is 0 Å². The maximum Gasteiger partial charge on any atom is 0.255 e. The molecule has 3 aromatic rings. The molecule has 0 aliphatic rings. The molecule has 0 fully saturated rings. The van der Waals surface area contributed by atoms with Crippen LogP contribution in [0.15, 0.2) is 47.3 Å². The molecule has 0 aliphatic heterocycles. The first-order chi connectivity index (χ1) is 11.0. The van der Waals surface area contributed by atoms with Crippen molar-refractivity contribution >= 4 is 16.7 Å². The van der Waals surface area contributed by atoms with E-state index in [0.717, 1.165) is 5.69 Å². The Morgan fingerprint density at radius 3 is 2.65 bits per heavy atom. The van der Waals surface area contributed by atoms with E-state index in [1.54, 1.807) is 0 Å². The Hall–Kier alpha value is -2.62. The molecule has 0 saturated carbocycles. The summed E-state index contributed by atoms with van der Waals surface area (Å²) >= 11 is 0. The van der Waals surface area contributed by atoms with Crippen LogP contribution in [0.5, 0.6) is 0 Å². The van der Waals surface area contributed by atoms with Gasteiger partial charge in [0.2, 0.25) is 5.95 Å². The van der Waals surface area contributed by atoms with E-state index >= 15 is 0 Å². The summed E-state index contributed by atoms with van der Waals surface area (Å²) in [6.07, 6.45) is 0.643. The Morgan fingerprint density at radius 1 is 1.13 bits per heavy atom. The number of H-pyrrole nitrogens is 1. The van der Waals surface area contributed by atoms with E-state index in [2.05, 4.69) is 39.6 Å². The van der Waals surface area contributed by atoms with Gasteiger partial charge in [-0.2, -0.15) is 0 Å². The smallest absolute Gasteiger partial charge is 0.255 e. The molecule has 2 aromatic carbocycles. The van der Waals surface area contributed by atoms with E-state index in [9.17, 15) is 4.79 Å². The van der Waals surface area contributed by atoms with Crippen LogP contribution in [0.1, 0.15) is 30.7 Å². The summed E-state index contributed by atoms with van der Waals surface area (Å²) in [4.78, 5) is 19.6. The van der Waals surface area contributed by atoms with Gasteiger partial charge in [-0.15, -0.1) is 0 Å². The van der Waals surface area contributed by atoms with Crippen molar-refractivity contribution in [2.75, 3.05) is 5.32 Å². The molecule has 1 heterocycles. The van der Waals surface area contributed by atoms with Gasteiger partial charge in [0, 0.05) is 18.0 Å². The molecule has 118 valence electrons. The van der Waals surface area contributed by atoms with Crippen molar-refractivity contribution in [1.29, 1.82) is 0 Å². The Bertz CT molecular complexity index is 891. The van der Waals surface area contributed by atoms with Crippen LogP contribution < -0.4 is 10.9 Å². The van der Waals surface area contributed by atoms with Crippen LogP contribution >= 0.6 is 0 Å². The fourth-order valence-corrected chi connectivity index (χ4v) is 2.72. The number of aromatic amines is 1. The summed E-state index contributed by atoms with van der Waals surface area (Å²) < 4.78 is 0. The lowest BCUT2D eigenvalue weighted by molar-refractivity contribution is 0.857. The quantitative estimate of drug-likeness (QED) is 0.773. The number of rotatable bonds is 4. The van der Waals surface area contributed by atoms with E-state index in [4.69, 9.17) is 0 Å². The molecule has 3 rings (SSSR count). The second kappa shape index (κ2) is 6.24. The molecule has 0 radical (unpaired) electrons. The molecule has 1 aromatic heterocycles. The molecule has 0 unspecified atom stereocenters. The van der Waals surface area contributed by atoms with Crippen LogP contribution in [0.4, 0.5) is 5.95 Å². The van der Waals surface area contributed by atoms with Crippen LogP contribution in [-0.4, -0.2) is 16.0 Å². The van der Waals surface area contributed by atoms with Gasteiger partial charge < -0.3 is 5.32 Å². The number of fused-ring (bicyclic) bond motifs is 1. The number of benzene rings is 2. The average Bonchev–Trinajstić information content (AvgIpc) is 2.52. The molecule has 0 atom stereocenters. The van der Waals surface area contributed by atoms with Crippen LogP contribution in [0.2, 0.25) is 0 Å². The standard InChI is InChI=1S/C19H21N3O/c1-12(2)20-19-21-17(13(3)18(23)22-19)11-15-9-6-8-14-7-4-5-10-16(14)15/h4-10,12H,11H2,1-3H3,(H2,20,21,22,23). The molecular weight excluding hydrogens is 286 g/mol. The van der Waals surface area contributed by atoms with Crippen molar-refractivity contribution < 1.29 is 0 Å². The van der Waals surface area contributed by atoms with E-state index in [1.165, 1.54) is 16.3 Å². The molecule has 4 heteroatoms. The summed E-state index contributed by atoms with van der Waals surface area (Å²) in [6, 6.07) is 14.7. The highest BCUT2D eigenvalue weighted by atomic mass is 16.1. The minimum absolute atomic E-state index is 0.0848. The lowest BCUT2D eigenvalue weighted by Crippen LogP contribution is -2.21. The Labute approximate surface area is 135 Å². The third-order valence-electron chi connectivity index (χ3n) is 3.92. The van der Waals surface area contributed by atoms with E-state index in [-0.39, 0.29) is 11.6 Å². The highest BCUT2D eigenvalue weighted by Gasteiger charge is 2.10. The van der Waals surface area contributed by atoms with E-state index in [1.807, 2.05) is 39.0 Å². The Balaban J connectivity index is 2.05. The fraction of sp³-hybridized carbons (Fsp3) is 0.263. The largest absolute Gasteiger partial charge is 0.354 e. The predicted octanol–water partition coefficient (Wildman–Crippen LogP) is 3.64. The van der Waals surface area contributed by atoms with Gasteiger partial charge in [-0.3, -0.25) is 9.78 Å². The summed E-state index contributed by atoms with van der Waals surface area (Å²) in [5, 5.41) is 5.57. The van der Waals surface area contributed by atoms with Crippen molar-refractivity contribution in [3.05, 3.63) is 69.6 Å². The number of aromatic nitrogens is 2. The van der Waals surface area contributed by atoms with Gasteiger partial charge in [0.05, 0.1) is 5.69 Å². The van der Waals surface area contributed by atoms with Crippen LogP contribution in [-0.2, 0) is 6.42 Å². The van der Waals surface area contributed by atoms with Crippen LogP contribution in [0, 0.1) is 6.92 Å². The van der Waals surface area contributed by atoms with Gasteiger partial charge in [-0.1, -0.05) is 42.5 Å². The molecule has 0 amide bonds. The minimum atomic E-state index is -0.0848. The van der Waals surface area contributed by atoms with E-state index in [0.29, 0.717) is 17.9 Å². The van der Waals surface area contributed by atoms with Crippen molar-refractivity contribution in [2.45, 2.75) is 33.2 Å². The van der Waals surface area contributed by atoms with Crippen LogP contribution in [0.3, 0.4) is 0 Å². The van der Waals surface area contributed by atoms with Gasteiger partial charge >= 0.3 is 0 Å². The van der Waals surface area contributed by atoms with Crippen molar-refractivity contribution in [1.82, 2.24) is 9.97 Å². The van der Waals surface area contributed by atoms with E-state index < -0.39 is 0 Å². The number of hydrogen-bond donors (Lipinski definition) is 2. The third kappa shape index (κ3) is 3.26. The number of hydrogen-bond acceptors (Lipinski definition) is 3. The van der Waals surface area contributed by atoms with Gasteiger partial charge in [0.25, 0.3) is 5.56 Å². The Kier molecular flexibility index (Phi) is 4.15. The molecule has 0 bridgehead atoms. The Morgan fingerprint density at radius 2 is 1.87 bits per heavy atom. The average molecular weight is 307 g/mol. The highest BCUT2D eigenvalue weighted by Crippen LogP contribution is 2.21. The molecule has 23 heavy (non-hydrogen) atoms. The summed E-state index contributed by atoms with van der Waals surface area (Å²) in [7, 11) is 0. The third-order valence-corrected chi connectivity index (χ3v) is 3.92. The van der Waals surface area contributed by atoms with Gasteiger partial charge in [-0.05, 0) is 37.1 Å². The number of nitrogens with one attached hydrogen (secondary N) is 2. The van der Waals surface area contributed by atoms with Gasteiger partial charge in [0.15, 0.2) is 0 Å². The zero-order valence-corrected chi connectivity index (χ0v) is 13.7. The summed E-state index contributed by atoms with van der Waals surface area (Å²) in [5.74, 6) is 0.533. The SMILES string of the molecule is Cc1c(Cc2cccc3ccccc23)nc(NC(C)C)[nH]c1=O.